The number of rotatable bonds is 2. The number of carboxylic acid groups (broad SMARTS) is 1. The topological polar surface area (TPSA) is 49.8 Å². The Hall–Kier alpha value is -0.360. The molecular formula is C8H7IO3. The van der Waals surface area contributed by atoms with E-state index in [1.165, 1.54) is 0 Å². The van der Waals surface area contributed by atoms with Crippen molar-refractivity contribution in [1.82, 2.24) is 0 Å². The predicted molar refractivity (Wildman–Crippen MR) is 51.1 cm³/mol. The standard InChI is InChI=1S/C8H7IO3/c9-8-4-2-1-3-7(8,12-8)5-6(10)11/h1-4H,5H2,(H,10,11). The molecule has 2 rings (SSSR count). The second-order valence-corrected chi connectivity index (χ2v) is 4.53. The predicted octanol–water partition coefficient (Wildman–Crippen LogP) is 1.49. The van der Waals surface area contributed by atoms with E-state index in [0.29, 0.717) is 0 Å². The molecule has 0 radical (unpaired) electrons. The summed E-state index contributed by atoms with van der Waals surface area (Å²) in [5, 5.41) is 8.63. The summed E-state index contributed by atoms with van der Waals surface area (Å²) in [6.07, 6.45) is 7.44. The van der Waals surface area contributed by atoms with E-state index < -0.39 is 15.2 Å². The molecule has 0 aromatic heterocycles. The number of halogens is 1. The summed E-state index contributed by atoms with van der Waals surface area (Å²) >= 11 is 2.13. The highest BCUT2D eigenvalue weighted by atomic mass is 127. The third-order valence-corrected chi connectivity index (χ3v) is 3.56. The Morgan fingerprint density at radius 3 is 2.75 bits per heavy atom. The fourth-order valence-corrected chi connectivity index (χ4v) is 2.36. The number of hydrogen-bond donors (Lipinski definition) is 1. The van der Waals surface area contributed by atoms with Crippen molar-refractivity contribution in [2.75, 3.05) is 0 Å². The van der Waals surface area contributed by atoms with E-state index in [1.54, 1.807) is 0 Å². The Morgan fingerprint density at radius 1 is 1.50 bits per heavy atom. The summed E-state index contributed by atoms with van der Waals surface area (Å²) in [4.78, 5) is 10.5. The highest BCUT2D eigenvalue weighted by molar-refractivity contribution is 14.1. The van der Waals surface area contributed by atoms with E-state index in [-0.39, 0.29) is 6.42 Å². The van der Waals surface area contributed by atoms with Gasteiger partial charge in [0, 0.05) is 0 Å². The summed E-state index contributed by atoms with van der Waals surface area (Å²) < 4.78 is 4.99. The maximum Gasteiger partial charge on any atom is 0.306 e. The molecule has 1 heterocycles. The molecule has 1 saturated heterocycles. The monoisotopic (exact) mass is 278 g/mol. The Morgan fingerprint density at radius 2 is 2.17 bits per heavy atom. The van der Waals surface area contributed by atoms with Gasteiger partial charge >= 0.3 is 5.97 Å². The Kier molecular flexibility index (Phi) is 1.60. The maximum atomic E-state index is 10.5. The van der Waals surface area contributed by atoms with Gasteiger partial charge in [0.2, 0.25) is 0 Å². The normalized spacial score (nSPS) is 42.4. The van der Waals surface area contributed by atoms with Gasteiger partial charge in [0.05, 0.1) is 6.42 Å². The van der Waals surface area contributed by atoms with Crippen LogP contribution in [-0.2, 0) is 9.53 Å². The molecule has 0 spiro atoms. The van der Waals surface area contributed by atoms with Crippen LogP contribution < -0.4 is 0 Å². The van der Waals surface area contributed by atoms with Crippen molar-refractivity contribution in [3.05, 3.63) is 24.3 Å². The number of alkyl halides is 1. The van der Waals surface area contributed by atoms with Crippen molar-refractivity contribution in [2.45, 2.75) is 15.6 Å². The van der Waals surface area contributed by atoms with Gasteiger partial charge in [-0.15, -0.1) is 0 Å². The van der Waals surface area contributed by atoms with Crippen molar-refractivity contribution in [3.8, 4) is 0 Å². The van der Waals surface area contributed by atoms with Gasteiger partial charge in [-0.05, 0) is 34.7 Å². The van der Waals surface area contributed by atoms with Crippen LogP contribution in [0, 0.1) is 0 Å². The third kappa shape index (κ3) is 1.01. The minimum Gasteiger partial charge on any atom is -0.481 e. The second kappa shape index (κ2) is 2.32. The highest BCUT2D eigenvalue weighted by Gasteiger charge is 2.67. The fourth-order valence-electron chi connectivity index (χ4n) is 1.39. The van der Waals surface area contributed by atoms with Gasteiger partial charge in [0.25, 0.3) is 0 Å². The Bertz CT molecular complexity index is 297. The molecule has 64 valence electrons. The number of hydrogen-bond acceptors (Lipinski definition) is 2. The lowest BCUT2D eigenvalue weighted by atomic mass is 9.97. The Labute approximate surface area is 83.2 Å². The van der Waals surface area contributed by atoms with Gasteiger partial charge in [-0.25, -0.2) is 0 Å². The molecule has 3 nitrogen and oxygen atoms in total. The molecule has 2 aliphatic rings. The molecule has 1 aliphatic heterocycles. The second-order valence-electron chi connectivity index (χ2n) is 2.93. The summed E-state index contributed by atoms with van der Waals surface area (Å²) in [5.41, 5.74) is -0.575. The number of fused-ring (bicyclic) bond motifs is 1. The molecule has 1 aliphatic carbocycles. The van der Waals surface area contributed by atoms with Crippen molar-refractivity contribution in [3.63, 3.8) is 0 Å². The quantitative estimate of drug-likeness (QED) is 0.473. The minimum atomic E-state index is -0.825. The average molecular weight is 278 g/mol. The number of allylic oxidation sites excluding steroid dienone is 2. The fraction of sp³-hybridized carbons (Fsp3) is 0.375. The van der Waals surface area contributed by atoms with E-state index in [4.69, 9.17) is 9.84 Å². The van der Waals surface area contributed by atoms with Gasteiger partial charge in [-0.1, -0.05) is 12.2 Å². The lowest BCUT2D eigenvalue weighted by Crippen LogP contribution is -2.22. The van der Waals surface area contributed by atoms with E-state index >= 15 is 0 Å². The van der Waals surface area contributed by atoms with Crippen LogP contribution in [0.25, 0.3) is 0 Å². The zero-order valence-corrected chi connectivity index (χ0v) is 8.32. The molecule has 0 aromatic rings. The summed E-state index contributed by atoms with van der Waals surface area (Å²) in [6.45, 7) is 0. The lowest BCUT2D eigenvalue weighted by Gasteiger charge is -2.08. The first kappa shape index (κ1) is 8.25. The molecular weight excluding hydrogens is 271 g/mol. The van der Waals surface area contributed by atoms with Gasteiger partial charge in [-0.3, -0.25) is 4.79 Å². The van der Waals surface area contributed by atoms with Crippen molar-refractivity contribution < 1.29 is 14.6 Å². The molecule has 0 bridgehead atoms. The molecule has 1 fully saturated rings. The highest BCUT2D eigenvalue weighted by Crippen LogP contribution is 2.58. The van der Waals surface area contributed by atoms with E-state index in [9.17, 15) is 4.79 Å². The van der Waals surface area contributed by atoms with Crippen LogP contribution in [0.15, 0.2) is 24.3 Å². The van der Waals surface area contributed by atoms with Crippen molar-refractivity contribution in [1.29, 1.82) is 0 Å². The summed E-state index contributed by atoms with van der Waals surface area (Å²) in [7, 11) is 0. The molecule has 12 heavy (non-hydrogen) atoms. The molecule has 2 atom stereocenters. The van der Waals surface area contributed by atoms with Gasteiger partial charge in [-0.2, -0.15) is 0 Å². The van der Waals surface area contributed by atoms with Crippen LogP contribution in [0.4, 0.5) is 0 Å². The number of aliphatic carboxylic acids is 1. The number of carboxylic acids is 1. The summed E-state index contributed by atoms with van der Waals surface area (Å²) in [6, 6.07) is 0. The molecule has 0 saturated carbocycles. The van der Waals surface area contributed by atoms with Crippen LogP contribution in [0.1, 0.15) is 6.42 Å². The SMILES string of the molecule is O=C(O)CC12C=CC=CC1(I)O2. The summed E-state index contributed by atoms with van der Waals surface area (Å²) in [5.74, 6) is -0.825. The van der Waals surface area contributed by atoms with Crippen LogP contribution in [0.2, 0.25) is 0 Å². The largest absolute Gasteiger partial charge is 0.481 e. The zero-order valence-electron chi connectivity index (χ0n) is 6.16. The molecule has 2 unspecified atom stereocenters. The first-order valence-corrected chi connectivity index (χ1v) is 4.64. The maximum absolute atomic E-state index is 10.5. The average Bonchev–Trinajstić information content (AvgIpc) is 2.53. The first-order valence-electron chi connectivity index (χ1n) is 3.56. The van der Waals surface area contributed by atoms with Crippen LogP contribution >= 0.6 is 22.6 Å². The van der Waals surface area contributed by atoms with Crippen molar-refractivity contribution in [2.24, 2.45) is 0 Å². The lowest BCUT2D eigenvalue weighted by molar-refractivity contribution is -0.137. The van der Waals surface area contributed by atoms with E-state index in [0.717, 1.165) is 0 Å². The molecule has 4 heteroatoms. The third-order valence-electron chi connectivity index (χ3n) is 2.07. The van der Waals surface area contributed by atoms with Gasteiger partial charge < -0.3 is 9.84 Å². The minimum absolute atomic E-state index is 0.0385. The van der Waals surface area contributed by atoms with Gasteiger partial charge in [0.15, 0.2) is 3.61 Å². The molecule has 1 N–H and O–H groups in total. The van der Waals surface area contributed by atoms with E-state index in [2.05, 4.69) is 22.6 Å². The zero-order chi connectivity index (χ0) is 8.82. The van der Waals surface area contributed by atoms with Crippen LogP contribution in [0.5, 0.6) is 0 Å². The molecule has 0 aromatic carbocycles. The van der Waals surface area contributed by atoms with Gasteiger partial charge in [0.1, 0.15) is 5.60 Å². The Balaban J connectivity index is 2.21. The number of carbonyl (C=O) groups is 1. The van der Waals surface area contributed by atoms with Crippen molar-refractivity contribution >= 4 is 28.6 Å². The first-order chi connectivity index (χ1) is 5.58. The molecule has 0 amide bonds. The number of epoxide rings is 1. The van der Waals surface area contributed by atoms with E-state index in [1.807, 2.05) is 24.3 Å². The smallest absolute Gasteiger partial charge is 0.306 e. The van der Waals surface area contributed by atoms with Crippen LogP contribution in [-0.4, -0.2) is 20.3 Å². The van der Waals surface area contributed by atoms with Crippen LogP contribution in [0.3, 0.4) is 0 Å². The number of ether oxygens (including phenoxy) is 1.